The Bertz CT molecular complexity index is 1190. The van der Waals surface area contributed by atoms with Crippen LogP contribution in [0.2, 0.25) is 0 Å². The van der Waals surface area contributed by atoms with E-state index in [1.807, 2.05) is 4.90 Å². The smallest absolute Gasteiger partial charge is 0.242 e. The highest BCUT2D eigenvalue weighted by Crippen LogP contribution is 2.33. The Morgan fingerprint density at radius 2 is 2.09 bits per heavy atom. The number of halogens is 1. The molecular formula is C21H25FN8O2. The lowest BCUT2D eigenvalue weighted by Gasteiger charge is -2.27. The number of imidazole rings is 1. The summed E-state index contributed by atoms with van der Waals surface area (Å²) in [6.45, 7) is 0.577. The summed E-state index contributed by atoms with van der Waals surface area (Å²) in [6, 6.07) is 3.22. The van der Waals surface area contributed by atoms with Gasteiger partial charge in [0.25, 0.3) is 0 Å². The van der Waals surface area contributed by atoms with Crippen molar-refractivity contribution in [1.29, 1.82) is 0 Å². The number of amides is 1. The highest BCUT2D eigenvalue weighted by Gasteiger charge is 2.43. The second kappa shape index (κ2) is 7.68. The average molecular weight is 440 g/mol. The number of rotatable bonds is 6. The molecule has 3 aromatic rings. The molecular weight excluding hydrogens is 415 g/mol. The van der Waals surface area contributed by atoms with Crippen molar-refractivity contribution < 1.29 is 14.3 Å². The lowest BCUT2D eigenvalue weighted by Crippen LogP contribution is -2.56. The first-order valence-corrected chi connectivity index (χ1v) is 10.6. The lowest BCUT2D eigenvalue weighted by atomic mass is 9.99. The van der Waals surface area contributed by atoms with Gasteiger partial charge in [-0.3, -0.25) is 4.79 Å². The van der Waals surface area contributed by atoms with Gasteiger partial charge in [-0.1, -0.05) is 0 Å². The van der Waals surface area contributed by atoms with Crippen LogP contribution in [0.1, 0.15) is 30.4 Å². The molecule has 0 bridgehead atoms. The molecule has 0 spiro atoms. The van der Waals surface area contributed by atoms with Crippen LogP contribution in [0.15, 0.2) is 24.8 Å². The summed E-state index contributed by atoms with van der Waals surface area (Å²) < 4.78 is 16.3. The van der Waals surface area contributed by atoms with E-state index in [9.17, 15) is 14.3 Å². The maximum atomic E-state index is 14.6. The number of fused-ring (bicyclic) bond motifs is 1. The Balaban J connectivity index is 1.49. The predicted octanol–water partition coefficient (Wildman–Crippen LogP) is 0.274. The van der Waals surface area contributed by atoms with Gasteiger partial charge in [-0.15, -0.1) is 0 Å². The van der Waals surface area contributed by atoms with E-state index in [1.54, 1.807) is 17.0 Å². The number of benzene rings is 1. The van der Waals surface area contributed by atoms with E-state index in [0.29, 0.717) is 41.9 Å². The fourth-order valence-electron chi connectivity index (χ4n) is 4.26. The number of carbonyl (C=O) groups excluding carboxylic acids is 1. The second-order valence-corrected chi connectivity index (χ2v) is 8.56. The van der Waals surface area contributed by atoms with Crippen molar-refractivity contribution in [2.75, 3.05) is 23.7 Å². The topological polar surface area (TPSA) is 148 Å². The number of carbonyl (C=O) groups is 1. The minimum Gasteiger partial charge on any atom is -0.392 e. The van der Waals surface area contributed by atoms with Crippen molar-refractivity contribution in [1.82, 2.24) is 24.8 Å². The van der Waals surface area contributed by atoms with Crippen molar-refractivity contribution in [3.8, 4) is 0 Å². The summed E-state index contributed by atoms with van der Waals surface area (Å²) in [5, 5.41) is 12.9. The first-order valence-electron chi connectivity index (χ1n) is 10.6. The van der Waals surface area contributed by atoms with Crippen LogP contribution in [0.25, 0.3) is 11.2 Å². The minimum atomic E-state index is -1.02. The third kappa shape index (κ3) is 3.53. The zero-order chi connectivity index (χ0) is 22.5. The summed E-state index contributed by atoms with van der Waals surface area (Å²) in [5.74, 6) is -0.402. The van der Waals surface area contributed by atoms with E-state index in [0.717, 1.165) is 12.8 Å². The van der Waals surface area contributed by atoms with E-state index < -0.39 is 18.0 Å². The summed E-state index contributed by atoms with van der Waals surface area (Å²) in [6.07, 6.45) is 5.36. The van der Waals surface area contributed by atoms with Gasteiger partial charge in [-0.2, -0.15) is 0 Å². The molecule has 0 radical (unpaired) electrons. The van der Waals surface area contributed by atoms with Crippen LogP contribution in [0.3, 0.4) is 0 Å². The third-order valence-electron chi connectivity index (χ3n) is 6.27. The van der Waals surface area contributed by atoms with E-state index >= 15 is 0 Å². The molecule has 11 heteroatoms. The van der Waals surface area contributed by atoms with E-state index in [4.69, 9.17) is 11.5 Å². The maximum absolute atomic E-state index is 14.6. The highest BCUT2D eigenvalue weighted by molar-refractivity contribution is 5.88. The van der Waals surface area contributed by atoms with Gasteiger partial charge in [0.05, 0.1) is 19.5 Å². The van der Waals surface area contributed by atoms with E-state index in [2.05, 4.69) is 20.3 Å². The summed E-state index contributed by atoms with van der Waals surface area (Å²) in [5.41, 5.74) is 13.8. The second-order valence-electron chi connectivity index (χ2n) is 8.56. The molecule has 1 aliphatic carbocycles. The van der Waals surface area contributed by atoms with Crippen LogP contribution in [0, 0.1) is 5.82 Å². The molecule has 1 atom stereocenters. The molecule has 1 unspecified atom stereocenters. The van der Waals surface area contributed by atoms with Crippen molar-refractivity contribution in [2.45, 2.75) is 44.0 Å². The number of nitrogens with zero attached hydrogens (tertiary/aromatic N) is 5. The molecule has 2 aliphatic rings. The van der Waals surface area contributed by atoms with Crippen LogP contribution >= 0.6 is 0 Å². The maximum Gasteiger partial charge on any atom is 0.242 e. The van der Waals surface area contributed by atoms with Crippen molar-refractivity contribution >= 4 is 28.6 Å². The lowest BCUT2D eigenvalue weighted by molar-refractivity contribution is -0.125. The minimum absolute atomic E-state index is 0.152. The quantitative estimate of drug-likeness (QED) is 0.427. The van der Waals surface area contributed by atoms with Crippen molar-refractivity contribution in [3.63, 3.8) is 0 Å². The van der Waals surface area contributed by atoms with E-state index in [1.165, 1.54) is 12.4 Å². The van der Waals surface area contributed by atoms with Gasteiger partial charge in [0.1, 0.15) is 23.2 Å². The summed E-state index contributed by atoms with van der Waals surface area (Å²) in [4.78, 5) is 27.1. The predicted molar refractivity (Wildman–Crippen MR) is 116 cm³/mol. The Kier molecular flexibility index (Phi) is 4.94. The van der Waals surface area contributed by atoms with Gasteiger partial charge in [-0.25, -0.2) is 19.3 Å². The molecule has 2 aromatic heterocycles. The molecule has 10 nitrogen and oxygen atoms in total. The summed E-state index contributed by atoms with van der Waals surface area (Å²) >= 11 is 0. The first kappa shape index (κ1) is 20.6. The number of hydrogen-bond acceptors (Lipinski definition) is 8. The number of hydrogen-bond donors (Lipinski definition) is 4. The van der Waals surface area contributed by atoms with Gasteiger partial charge >= 0.3 is 0 Å². The van der Waals surface area contributed by atoms with Crippen LogP contribution in [-0.4, -0.2) is 55.2 Å². The third-order valence-corrected chi connectivity index (χ3v) is 6.27. The molecule has 1 aliphatic heterocycles. The van der Waals surface area contributed by atoms with Gasteiger partial charge in [0, 0.05) is 35.9 Å². The van der Waals surface area contributed by atoms with Crippen molar-refractivity contribution in [3.05, 3.63) is 41.7 Å². The Morgan fingerprint density at radius 3 is 2.84 bits per heavy atom. The van der Waals surface area contributed by atoms with Crippen LogP contribution in [0.4, 0.5) is 15.9 Å². The van der Waals surface area contributed by atoms with Crippen molar-refractivity contribution in [2.24, 2.45) is 5.73 Å². The van der Waals surface area contributed by atoms with Crippen LogP contribution in [-0.2, 0) is 17.9 Å². The average Bonchev–Trinajstić information content (AvgIpc) is 3.35. The largest absolute Gasteiger partial charge is 0.392 e. The number of anilines is 2. The molecule has 1 saturated carbocycles. The monoisotopic (exact) mass is 440 g/mol. The zero-order valence-corrected chi connectivity index (χ0v) is 17.5. The fourth-order valence-corrected chi connectivity index (χ4v) is 4.26. The molecule has 1 amide bonds. The van der Waals surface area contributed by atoms with Gasteiger partial charge < -0.3 is 31.4 Å². The molecule has 6 N–H and O–H groups in total. The number of nitrogens with two attached hydrogens (primary N) is 2. The Labute approximate surface area is 183 Å². The Morgan fingerprint density at radius 1 is 1.28 bits per heavy atom. The molecule has 32 heavy (non-hydrogen) atoms. The normalized spacial score (nSPS) is 20.8. The van der Waals surface area contributed by atoms with Gasteiger partial charge in [0.2, 0.25) is 5.91 Å². The zero-order valence-electron chi connectivity index (χ0n) is 17.5. The van der Waals surface area contributed by atoms with Crippen LogP contribution < -0.4 is 21.7 Å². The molecule has 168 valence electrons. The highest BCUT2D eigenvalue weighted by atomic mass is 19.1. The van der Waals surface area contributed by atoms with E-state index in [-0.39, 0.29) is 29.9 Å². The first-order chi connectivity index (χ1) is 15.4. The number of aliphatic hydroxyl groups is 1. The fraction of sp³-hybridized carbons (Fsp3) is 0.429. The molecule has 2 fully saturated rings. The number of nitrogen functional groups attached to an aromatic ring is 1. The van der Waals surface area contributed by atoms with Gasteiger partial charge in [0.15, 0.2) is 11.5 Å². The SMILES string of the molecule is Nc1ncnc2c1ncn2Cc1c(N2CCC(N)(C(=O)NC3CC3)C2)ccc(F)c1CO. The molecule has 1 saturated heterocycles. The standard InChI is InChI=1S/C21H25FN8O2/c22-15-3-4-16(29-6-5-21(24,9-29)20(32)28-12-1-2-12)13(14(15)8-31)7-30-11-27-17-18(23)25-10-26-19(17)30/h3-4,10-12,31H,1-2,5-9,24H2,(H,28,32)(H2,23,25,26). The van der Waals surface area contributed by atoms with Crippen LogP contribution in [0.5, 0.6) is 0 Å². The number of aromatic nitrogens is 4. The summed E-state index contributed by atoms with van der Waals surface area (Å²) in [7, 11) is 0. The molecule has 3 heterocycles. The number of aliphatic hydroxyl groups excluding tert-OH is 1. The molecule has 5 rings (SSSR count). The van der Waals surface area contributed by atoms with Gasteiger partial charge in [-0.05, 0) is 31.4 Å². The number of nitrogens with one attached hydrogen (secondary N) is 1. The Hall–Kier alpha value is -3.31. The molecule has 1 aromatic carbocycles.